The standard InChI is InChI=1S/C17H17N3O4/c1-9-5-6-14-13(7-15(21)24-17(14)10(9)2)8-19-12(4)16(20(22)23)11(3)18-19/h5-7H,8H2,1-4H3. The van der Waals surface area contributed by atoms with E-state index in [1.165, 1.54) is 6.07 Å². The monoisotopic (exact) mass is 327 g/mol. The van der Waals surface area contributed by atoms with Crippen molar-refractivity contribution in [2.75, 3.05) is 0 Å². The van der Waals surface area contributed by atoms with Gasteiger partial charge in [0.25, 0.3) is 0 Å². The molecule has 0 N–H and O–H groups in total. The molecule has 124 valence electrons. The fourth-order valence-corrected chi connectivity index (χ4v) is 2.92. The molecule has 7 heteroatoms. The molecule has 0 saturated heterocycles. The lowest BCUT2D eigenvalue weighted by molar-refractivity contribution is -0.386. The van der Waals surface area contributed by atoms with Crippen molar-refractivity contribution in [3.63, 3.8) is 0 Å². The lowest BCUT2D eigenvalue weighted by Crippen LogP contribution is -2.09. The van der Waals surface area contributed by atoms with Crippen LogP contribution in [0.3, 0.4) is 0 Å². The number of nitrogens with zero attached hydrogens (tertiary/aromatic N) is 3. The van der Waals surface area contributed by atoms with Crippen LogP contribution in [0.4, 0.5) is 5.69 Å². The average molecular weight is 327 g/mol. The Morgan fingerprint density at radius 3 is 2.58 bits per heavy atom. The van der Waals surface area contributed by atoms with E-state index >= 15 is 0 Å². The molecule has 0 unspecified atom stereocenters. The average Bonchev–Trinajstić information content (AvgIpc) is 2.77. The van der Waals surface area contributed by atoms with Crippen LogP contribution >= 0.6 is 0 Å². The van der Waals surface area contributed by atoms with Gasteiger partial charge in [-0.05, 0) is 44.4 Å². The molecular weight excluding hydrogens is 310 g/mol. The highest BCUT2D eigenvalue weighted by atomic mass is 16.6. The molecule has 0 bridgehead atoms. The van der Waals surface area contributed by atoms with Gasteiger partial charge in [0.2, 0.25) is 0 Å². The number of nitro groups is 1. The molecule has 0 aliphatic rings. The minimum absolute atomic E-state index is 0.00861. The first kappa shape index (κ1) is 15.9. The summed E-state index contributed by atoms with van der Waals surface area (Å²) in [4.78, 5) is 22.6. The Morgan fingerprint density at radius 1 is 1.25 bits per heavy atom. The fraction of sp³-hybridized carbons (Fsp3) is 0.294. The smallest absolute Gasteiger partial charge is 0.336 e. The zero-order valence-electron chi connectivity index (χ0n) is 13.9. The predicted molar refractivity (Wildman–Crippen MR) is 89.4 cm³/mol. The van der Waals surface area contributed by atoms with Crippen molar-refractivity contribution in [3.05, 3.63) is 66.8 Å². The second-order valence-corrected chi connectivity index (χ2v) is 5.91. The molecule has 0 fully saturated rings. The van der Waals surface area contributed by atoms with E-state index in [1.807, 2.05) is 26.0 Å². The Labute approximate surface area is 137 Å². The zero-order chi connectivity index (χ0) is 17.6. The van der Waals surface area contributed by atoms with Gasteiger partial charge in [-0.1, -0.05) is 12.1 Å². The molecule has 2 aromatic heterocycles. The second-order valence-electron chi connectivity index (χ2n) is 5.91. The Hall–Kier alpha value is -2.96. The van der Waals surface area contributed by atoms with Gasteiger partial charge in [0.05, 0.1) is 11.5 Å². The Kier molecular flexibility index (Phi) is 3.71. The summed E-state index contributed by atoms with van der Waals surface area (Å²) in [6, 6.07) is 5.28. The van der Waals surface area contributed by atoms with Crippen LogP contribution < -0.4 is 5.63 Å². The first-order valence-electron chi connectivity index (χ1n) is 7.51. The van der Waals surface area contributed by atoms with Crippen LogP contribution in [-0.4, -0.2) is 14.7 Å². The van der Waals surface area contributed by atoms with Crippen LogP contribution in [0.1, 0.15) is 28.1 Å². The van der Waals surface area contributed by atoms with Crippen molar-refractivity contribution in [2.45, 2.75) is 34.2 Å². The van der Waals surface area contributed by atoms with Gasteiger partial charge in [-0.3, -0.25) is 14.8 Å². The van der Waals surface area contributed by atoms with Crippen molar-refractivity contribution in [1.29, 1.82) is 0 Å². The van der Waals surface area contributed by atoms with E-state index in [-0.39, 0.29) is 12.2 Å². The van der Waals surface area contributed by atoms with Crippen molar-refractivity contribution < 1.29 is 9.34 Å². The number of hydrogen-bond donors (Lipinski definition) is 0. The predicted octanol–water partition coefficient (Wildman–Crippen LogP) is 3.18. The second kappa shape index (κ2) is 5.59. The Balaban J connectivity index is 2.18. The maximum Gasteiger partial charge on any atom is 0.336 e. The van der Waals surface area contributed by atoms with Crippen LogP contribution in [0.25, 0.3) is 11.0 Å². The van der Waals surface area contributed by atoms with Gasteiger partial charge in [0.15, 0.2) is 0 Å². The van der Waals surface area contributed by atoms with Gasteiger partial charge in [-0.25, -0.2) is 4.79 Å². The number of aromatic nitrogens is 2. The molecule has 0 radical (unpaired) electrons. The Bertz CT molecular complexity index is 1030. The maximum atomic E-state index is 11.9. The summed E-state index contributed by atoms with van der Waals surface area (Å²) in [5.74, 6) is 0. The minimum Gasteiger partial charge on any atom is -0.422 e. The zero-order valence-corrected chi connectivity index (χ0v) is 13.9. The highest BCUT2D eigenvalue weighted by Crippen LogP contribution is 2.26. The Morgan fingerprint density at radius 2 is 1.96 bits per heavy atom. The van der Waals surface area contributed by atoms with Crippen LogP contribution in [0.15, 0.2) is 27.4 Å². The van der Waals surface area contributed by atoms with Gasteiger partial charge < -0.3 is 4.42 Å². The van der Waals surface area contributed by atoms with Gasteiger partial charge in [0, 0.05) is 11.5 Å². The fourth-order valence-electron chi connectivity index (χ4n) is 2.92. The van der Waals surface area contributed by atoms with E-state index in [9.17, 15) is 14.9 Å². The highest BCUT2D eigenvalue weighted by molar-refractivity contribution is 5.83. The van der Waals surface area contributed by atoms with Gasteiger partial charge >= 0.3 is 11.3 Å². The summed E-state index contributed by atoms with van der Waals surface area (Å²) in [5, 5.41) is 16.2. The van der Waals surface area contributed by atoms with E-state index in [2.05, 4.69) is 5.10 Å². The molecule has 3 rings (SSSR count). The van der Waals surface area contributed by atoms with Crippen molar-refractivity contribution in [3.8, 4) is 0 Å². The highest BCUT2D eigenvalue weighted by Gasteiger charge is 2.22. The van der Waals surface area contributed by atoms with E-state index in [1.54, 1.807) is 18.5 Å². The molecule has 1 aromatic carbocycles. The van der Waals surface area contributed by atoms with Gasteiger partial charge in [-0.2, -0.15) is 5.10 Å². The molecule has 0 amide bonds. The van der Waals surface area contributed by atoms with Crippen molar-refractivity contribution >= 4 is 16.7 Å². The summed E-state index contributed by atoms with van der Waals surface area (Å²) in [6.45, 7) is 7.38. The SMILES string of the molecule is Cc1ccc2c(Cn3nc(C)c([N+](=O)[O-])c3C)cc(=O)oc2c1C. The van der Waals surface area contributed by atoms with E-state index in [0.717, 1.165) is 22.1 Å². The number of benzene rings is 1. The number of aryl methyl sites for hydroxylation is 3. The van der Waals surface area contributed by atoms with Crippen molar-refractivity contribution in [2.24, 2.45) is 0 Å². The molecule has 3 aromatic rings. The third-order valence-corrected chi connectivity index (χ3v) is 4.36. The van der Waals surface area contributed by atoms with E-state index in [4.69, 9.17) is 4.42 Å². The van der Waals surface area contributed by atoms with Crippen LogP contribution in [-0.2, 0) is 6.54 Å². The number of hydrogen-bond acceptors (Lipinski definition) is 5. The van der Waals surface area contributed by atoms with E-state index in [0.29, 0.717) is 17.0 Å². The lowest BCUT2D eigenvalue weighted by Gasteiger charge is -2.10. The molecule has 0 aliphatic carbocycles. The van der Waals surface area contributed by atoms with Gasteiger partial charge in [0.1, 0.15) is 17.0 Å². The molecule has 0 atom stereocenters. The molecule has 0 aliphatic heterocycles. The van der Waals surface area contributed by atoms with Crippen LogP contribution in [0.5, 0.6) is 0 Å². The van der Waals surface area contributed by atoms with Gasteiger partial charge in [-0.15, -0.1) is 0 Å². The summed E-state index contributed by atoms with van der Waals surface area (Å²) in [5.41, 5.74) is 3.60. The maximum absolute atomic E-state index is 11.9. The summed E-state index contributed by atoms with van der Waals surface area (Å²) >= 11 is 0. The number of rotatable bonds is 3. The molecule has 0 saturated carbocycles. The third kappa shape index (κ3) is 2.47. The van der Waals surface area contributed by atoms with Crippen molar-refractivity contribution in [1.82, 2.24) is 9.78 Å². The summed E-state index contributed by atoms with van der Waals surface area (Å²) < 4.78 is 6.91. The molecule has 2 heterocycles. The first-order chi connectivity index (χ1) is 11.3. The largest absolute Gasteiger partial charge is 0.422 e. The first-order valence-corrected chi connectivity index (χ1v) is 7.51. The minimum atomic E-state index is -0.442. The number of fused-ring (bicyclic) bond motifs is 1. The van der Waals surface area contributed by atoms with Crippen LogP contribution in [0.2, 0.25) is 0 Å². The molecular formula is C17H17N3O4. The summed E-state index contributed by atoms with van der Waals surface area (Å²) in [6.07, 6.45) is 0. The topological polar surface area (TPSA) is 91.2 Å². The molecule has 0 spiro atoms. The third-order valence-electron chi connectivity index (χ3n) is 4.36. The summed E-state index contributed by atoms with van der Waals surface area (Å²) in [7, 11) is 0. The molecule has 7 nitrogen and oxygen atoms in total. The molecule has 24 heavy (non-hydrogen) atoms. The lowest BCUT2D eigenvalue weighted by atomic mass is 10.0. The normalized spacial score (nSPS) is 11.2. The van der Waals surface area contributed by atoms with E-state index < -0.39 is 10.5 Å². The quantitative estimate of drug-likeness (QED) is 0.418. The van der Waals surface area contributed by atoms with Crippen LogP contribution in [0, 0.1) is 37.8 Å².